The SMILES string of the molecule is CN(CCCCc1ccccc1)C(=O)[C@@H]1CCC[C@@H]1N. The minimum absolute atomic E-state index is 0.0640. The van der Waals surface area contributed by atoms with Gasteiger partial charge in [-0.05, 0) is 37.7 Å². The summed E-state index contributed by atoms with van der Waals surface area (Å²) in [5, 5.41) is 0. The van der Waals surface area contributed by atoms with Gasteiger partial charge in [0.15, 0.2) is 0 Å². The lowest BCUT2D eigenvalue weighted by atomic mass is 10.0. The predicted octanol–water partition coefficient (Wildman–Crippen LogP) is 2.60. The Morgan fingerprint density at radius 2 is 2.00 bits per heavy atom. The van der Waals surface area contributed by atoms with E-state index in [4.69, 9.17) is 5.73 Å². The van der Waals surface area contributed by atoms with Gasteiger partial charge in [-0.25, -0.2) is 0 Å². The van der Waals surface area contributed by atoms with Crippen LogP contribution in [0.1, 0.15) is 37.7 Å². The first-order valence-corrected chi connectivity index (χ1v) is 7.73. The number of rotatable bonds is 6. The van der Waals surface area contributed by atoms with Gasteiger partial charge in [-0.1, -0.05) is 36.8 Å². The third-order valence-corrected chi connectivity index (χ3v) is 4.31. The number of carbonyl (C=O) groups excluding carboxylic acids is 1. The van der Waals surface area contributed by atoms with E-state index >= 15 is 0 Å². The highest BCUT2D eigenvalue weighted by molar-refractivity contribution is 5.79. The number of nitrogens with two attached hydrogens (primary N) is 1. The monoisotopic (exact) mass is 274 g/mol. The minimum atomic E-state index is 0.0640. The van der Waals surface area contributed by atoms with Gasteiger partial charge in [-0.15, -0.1) is 0 Å². The van der Waals surface area contributed by atoms with Gasteiger partial charge in [0, 0.05) is 19.6 Å². The molecule has 2 rings (SSSR count). The normalized spacial score (nSPS) is 21.9. The number of benzene rings is 1. The van der Waals surface area contributed by atoms with E-state index in [1.807, 2.05) is 18.0 Å². The Labute approximate surface area is 122 Å². The molecule has 0 aliphatic heterocycles. The lowest BCUT2D eigenvalue weighted by Crippen LogP contribution is -2.40. The molecule has 0 heterocycles. The second-order valence-corrected chi connectivity index (χ2v) is 5.90. The molecule has 2 N–H and O–H groups in total. The van der Waals surface area contributed by atoms with E-state index in [1.54, 1.807) is 0 Å². The van der Waals surface area contributed by atoms with Gasteiger partial charge in [0.05, 0.1) is 5.92 Å². The van der Waals surface area contributed by atoms with Crippen LogP contribution in [0, 0.1) is 5.92 Å². The molecule has 1 aliphatic rings. The maximum atomic E-state index is 12.3. The van der Waals surface area contributed by atoms with Crippen LogP contribution in [0.2, 0.25) is 0 Å². The van der Waals surface area contributed by atoms with Crippen LogP contribution in [0.15, 0.2) is 30.3 Å². The van der Waals surface area contributed by atoms with Gasteiger partial charge in [0.25, 0.3) is 0 Å². The van der Waals surface area contributed by atoms with E-state index < -0.39 is 0 Å². The van der Waals surface area contributed by atoms with Gasteiger partial charge in [0.1, 0.15) is 0 Å². The first kappa shape index (κ1) is 15.0. The Morgan fingerprint density at radius 3 is 2.65 bits per heavy atom. The van der Waals surface area contributed by atoms with Crippen LogP contribution in [-0.2, 0) is 11.2 Å². The standard InChI is InChI=1S/C17H26N2O/c1-19(17(20)15-11-7-12-16(15)18)13-6-5-10-14-8-3-2-4-9-14/h2-4,8-9,15-16H,5-7,10-13,18H2,1H3/t15-,16+/m1/s1. The summed E-state index contributed by atoms with van der Waals surface area (Å²) in [7, 11) is 1.91. The van der Waals surface area contributed by atoms with Crippen LogP contribution in [0.5, 0.6) is 0 Å². The largest absolute Gasteiger partial charge is 0.345 e. The van der Waals surface area contributed by atoms with Crippen molar-refractivity contribution >= 4 is 5.91 Å². The molecule has 0 bridgehead atoms. The molecule has 1 amide bonds. The van der Waals surface area contributed by atoms with Crippen molar-refractivity contribution in [2.75, 3.05) is 13.6 Å². The highest BCUT2D eigenvalue weighted by Gasteiger charge is 2.31. The lowest BCUT2D eigenvalue weighted by Gasteiger charge is -2.23. The third kappa shape index (κ3) is 4.07. The molecule has 110 valence electrons. The van der Waals surface area contributed by atoms with E-state index in [1.165, 1.54) is 5.56 Å². The van der Waals surface area contributed by atoms with Crippen molar-refractivity contribution in [2.45, 2.75) is 44.6 Å². The summed E-state index contributed by atoms with van der Waals surface area (Å²) >= 11 is 0. The van der Waals surface area contributed by atoms with Crippen molar-refractivity contribution in [2.24, 2.45) is 11.7 Å². The van der Waals surface area contributed by atoms with Crippen LogP contribution in [0.3, 0.4) is 0 Å². The average molecular weight is 274 g/mol. The smallest absolute Gasteiger partial charge is 0.226 e. The Morgan fingerprint density at radius 1 is 1.25 bits per heavy atom. The van der Waals surface area contributed by atoms with Gasteiger partial charge in [0.2, 0.25) is 5.91 Å². The first-order chi connectivity index (χ1) is 9.68. The van der Waals surface area contributed by atoms with E-state index in [-0.39, 0.29) is 17.9 Å². The summed E-state index contributed by atoms with van der Waals surface area (Å²) in [6.45, 7) is 0.842. The van der Waals surface area contributed by atoms with E-state index in [9.17, 15) is 4.79 Å². The van der Waals surface area contributed by atoms with Crippen LogP contribution < -0.4 is 5.73 Å². The summed E-state index contributed by atoms with van der Waals surface area (Å²) in [4.78, 5) is 14.1. The zero-order valence-electron chi connectivity index (χ0n) is 12.4. The molecule has 20 heavy (non-hydrogen) atoms. The fraction of sp³-hybridized carbons (Fsp3) is 0.588. The molecule has 1 saturated carbocycles. The van der Waals surface area contributed by atoms with Crippen LogP contribution in [-0.4, -0.2) is 30.4 Å². The van der Waals surface area contributed by atoms with Crippen LogP contribution >= 0.6 is 0 Å². The molecule has 0 unspecified atom stereocenters. The Bertz CT molecular complexity index is 418. The number of amides is 1. The van der Waals surface area contributed by atoms with Crippen molar-refractivity contribution in [3.63, 3.8) is 0 Å². The highest BCUT2D eigenvalue weighted by atomic mass is 16.2. The number of nitrogens with zero attached hydrogens (tertiary/aromatic N) is 1. The molecule has 0 radical (unpaired) electrons. The number of carbonyl (C=O) groups is 1. The Hall–Kier alpha value is -1.35. The number of hydrogen-bond acceptors (Lipinski definition) is 2. The molecular formula is C17H26N2O. The Balaban J connectivity index is 1.67. The summed E-state index contributed by atoms with van der Waals surface area (Å²) in [6.07, 6.45) is 6.33. The number of unbranched alkanes of at least 4 members (excludes halogenated alkanes) is 1. The van der Waals surface area contributed by atoms with Gasteiger partial charge >= 0.3 is 0 Å². The fourth-order valence-electron chi connectivity index (χ4n) is 3.01. The maximum absolute atomic E-state index is 12.3. The van der Waals surface area contributed by atoms with Crippen molar-refractivity contribution in [3.05, 3.63) is 35.9 Å². The topological polar surface area (TPSA) is 46.3 Å². The minimum Gasteiger partial charge on any atom is -0.345 e. The number of aryl methyl sites for hydroxylation is 1. The second kappa shape index (κ2) is 7.44. The summed E-state index contributed by atoms with van der Waals surface area (Å²) in [6, 6.07) is 10.6. The molecule has 0 spiro atoms. The second-order valence-electron chi connectivity index (χ2n) is 5.90. The molecule has 1 fully saturated rings. The number of hydrogen-bond donors (Lipinski definition) is 1. The molecule has 2 atom stereocenters. The van der Waals surface area contributed by atoms with Crippen molar-refractivity contribution in [3.8, 4) is 0 Å². The maximum Gasteiger partial charge on any atom is 0.226 e. The zero-order chi connectivity index (χ0) is 14.4. The van der Waals surface area contributed by atoms with E-state index in [0.29, 0.717) is 0 Å². The first-order valence-electron chi connectivity index (χ1n) is 7.73. The summed E-state index contributed by atoms with van der Waals surface area (Å²) in [5.74, 6) is 0.309. The highest BCUT2D eigenvalue weighted by Crippen LogP contribution is 2.25. The van der Waals surface area contributed by atoms with Crippen molar-refractivity contribution < 1.29 is 4.79 Å². The molecule has 3 heteroatoms. The van der Waals surface area contributed by atoms with E-state index in [0.717, 1.165) is 45.1 Å². The molecule has 1 aliphatic carbocycles. The lowest BCUT2D eigenvalue weighted by molar-refractivity contribution is -0.134. The summed E-state index contributed by atoms with van der Waals surface area (Å²) < 4.78 is 0. The van der Waals surface area contributed by atoms with Crippen molar-refractivity contribution in [1.29, 1.82) is 0 Å². The van der Waals surface area contributed by atoms with Crippen molar-refractivity contribution in [1.82, 2.24) is 4.90 Å². The van der Waals surface area contributed by atoms with Gasteiger partial charge in [-0.3, -0.25) is 4.79 Å². The fourth-order valence-corrected chi connectivity index (χ4v) is 3.01. The van der Waals surface area contributed by atoms with Crippen LogP contribution in [0.25, 0.3) is 0 Å². The summed E-state index contributed by atoms with van der Waals surface area (Å²) in [5.41, 5.74) is 7.38. The Kier molecular flexibility index (Phi) is 5.60. The predicted molar refractivity (Wildman–Crippen MR) is 82.3 cm³/mol. The molecule has 0 saturated heterocycles. The van der Waals surface area contributed by atoms with Crippen LogP contribution in [0.4, 0.5) is 0 Å². The third-order valence-electron chi connectivity index (χ3n) is 4.31. The molecule has 1 aromatic carbocycles. The molecule has 0 aromatic heterocycles. The van der Waals surface area contributed by atoms with Gasteiger partial charge < -0.3 is 10.6 Å². The quantitative estimate of drug-likeness (QED) is 0.811. The molecule has 3 nitrogen and oxygen atoms in total. The zero-order valence-corrected chi connectivity index (χ0v) is 12.4. The average Bonchev–Trinajstić information content (AvgIpc) is 2.90. The van der Waals surface area contributed by atoms with E-state index in [2.05, 4.69) is 24.3 Å². The van der Waals surface area contributed by atoms with Gasteiger partial charge in [-0.2, -0.15) is 0 Å². The molecular weight excluding hydrogens is 248 g/mol. The molecule has 1 aromatic rings.